The van der Waals surface area contributed by atoms with Crippen LogP contribution in [-0.2, 0) is 0 Å². The molecule has 0 bridgehead atoms. The normalized spacial score (nSPS) is 20.4. The lowest BCUT2D eigenvalue weighted by molar-refractivity contribution is 1.04. The first-order valence-corrected chi connectivity index (χ1v) is 3.78. The number of pyridine rings is 1. The molecule has 0 saturated heterocycles. The summed E-state index contributed by atoms with van der Waals surface area (Å²) in [6.45, 7) is 4.25. The zero-order valence-electron chi connectivity index (χ0n) is 6.70. The molecule has 0 saturated carbocycles. The highest BCUT2D eigenvalue weighted by Gasteiger charge is 2.16. The summed E-state index contributed by atoms with van der Waals surface area (Å²) in [5, 5.41) is 0. The maximum Gasteiger partial charge on any atom is 0.155 e. The second-order valence-electron chi connectivity index (χ2n) is 2.93. The molecule has 1 aromatic heterocycles. The fraction of sp³-hybridized carbons (Fsp3) is 0.333. The van der Waals surface area contributed by atoms with E-state index in [2.05, 4.69) is 23.8 Å². The predicted octanol–water partition coefficient (Wildman–Crippen LogP) is 2.21. The Morgan fingerprint density at radius 1 is 1.45 bits per heavy atom. The Labute approximate surface area is 66.0 Å². The second kappa shape index (κ2) is 2.16. The highest BCUT2D eigenvalue weighted by atomic mass is 14.9. The van der Waals surface area contributed by atoms with Gasteiger partial charge in [0.15, 0.2) is 5.82 Å². The first kappa shape index (κ1) is 6.53. The maximum atomic E-state index is 4.20. The van der Waals surface area contributed by atoms with Gasteiger partial charge in [-0.05, 0) is 18.6 Å². The van der Waals surface area contributed by atoms with E-state index in [4.69, 9.17) is 0 Å². The molecule has 0 spiro atoms. The van der Waals surface area contributed by atoms with Crippen molar-refractivity contribution in [3.05, 3.63) is 23.4 Å². The van der Waals surface area contributed by atoms with Gasteiger partial charge in [0, 0.05) is 23.9 Å². The van der Waals surface area contributed by atoms with Crippen molar-refractivity contribution >= 4 is 12.0 Å². The Bertz CT molecular complexity index is 315. The average molecular weight is 146 g/mol. The number of aromatic nitrogens is 1. The van der Waals surface area contributed by atoms with E-state index in [0.29, 0.717) is 5.92 Å². The van der Waals surface area contributed by atoms with E-state index in [-0.39, 0.29) is 0 Å². The molecule has 0 aromatic carbocycles. The van der Waals surface area contributed by atoms with Gasteiger partial charge in [0.1, 0.15) is 0 Å². The third-order valence-electron chi connectivity index (χ3n) is 2.06. The molecule has 0 N–H and O–H groups in total. The number of nitrogens with zero attached hydrogens (tertiary/aromatic N) is 2. The Hall–Kier alpha value is -1.18. The van der Waals surface area contributed by atoms with Crippen molar-refractivity contribution < 1.29 is 0 Å². The van der Waals surface area contributed by atoms with Crippen LogP contribution in [0.5, 0.6) is 0 Å². The molecule has 2 rings (SSSR count). The highest BCUT2D eigenvalue weighted by Crippen LogP contribution is 2.31. The number of rotatable bonds is 0. The molecule has 11 heavy (non-hydrogen) atoms. The summed E-state index contributed by atoms with van der Waals surface area (Å²) >= 11 is 0. The van der Waals surface area contributed by atoms with Crippen LogP contribution in [0.2, 0.25) is 0 Å². The first-order chi connectivity index (χ1) is 5.29. The lowest BCUT2D eigenvalue weighted by atomic mass is 10.0. The van der Waals surface area contributed by atoms with E-state index in [1.807, 2.05) is 18.5 Å². The molecule has 0 aliphatic carbocycles. The topological polar surface area (TPSA) is 25.2 Å². The van der Waals surface area contributed by atoms with E-state index in [1.165, 1.54) is 11.1 Å². The van der Waals surface area contributed by atoms with E-state index in [0.717, 1.165) is 5.82 Å². The van der Waals surface area contributed by atoms with E-state index < -0.39 is 0 Å². The van der Waals surface area contributed by atoms with Crippen molar-refractivity contribution in [3.63, 3.8) is 0 Å². The standard InChI is InChI=1S/C9H10N2/c1-6-3-4-10-9-8(6)7(2)5-11-9/h3-5,7H,1-2H3. The van der Waals surface area contributed by atoms with E-state index >= 15 is 0 Å². The lowest BCUT2D eigenvalue weighted by Crippen LogP contribution is -1.92. The fourth-order valence-electron chi connectivity index (χ4n) is 1.48. The highest BCUT2D eigenvalue weighted by molar-refractivity contribution is 5.79. The minimum absolute atomic E-state index is 0.443. The van der Waals surface area contributed by atoms with Gasteiger partial charge in [-0.3, -0.25) is 0 Å². The molecule has 0 fully saturated rings. The van der Waals surface area contributed by atoms with Crippen LogP contribution in [0.3, 0.4) is 0 Å². The van der Waals surface area contributed by atoms with Crippen LogP contribution in [0.4, 0.5) is 5.82 Å². The quantitative estimate of drug-likeness (QED) is 0.551. The Balaban J connectivity index is 2.65. The minimum Gasteiger partial charge on any atom is -0.241 e. The third-order valence-corrected chi connectivity index (χ3v) is 2.06. The van der Waals surface area contributed by atoms with Crippen LogP contribution in [0.1, 0.15) is 24.0 Å². The maximum absolute atomic E-state index is 4.20. The number of aryl methyl sites for hydroxylation is 1. The molecular formula is C9H10N2. The van der Waals surface area contributed by atoms with Crippen LogP contribution in [0.25, 0.3) is 0 Å². The van der Waals surface area contributed by atoms with Crippen molar-refractivity contribution in [2.45, 2.75) is 19.8 Å². The van der Waals surface area contributed by atoms with Gasteiger partial charge in [-0.1, -0.05) is 6.92 Å². The molecule has 1 aromatic rings. The minimum atomic E-state index is 0.443. The Kier molecular flexibility index (Phi) is 1.28. The molecule has 1 aliphatic rings. The molecule has 2 nitrogen and oxygen atoms in total. The zero-order valence-corrected chi connectivity index (χ0v) is 6.70. The molecule has 56 valence electrons. The molecule has 2 heteroatoms. The van der Waals surface area contributed by atoms with E-state index in [1.54, 1.807) is 0 Å². The van der Waals surface area contributed by atoms with Gasteiger partial charge in [-0.15, -0.1) is 0 Å². The number of hydrogen-bond donors (Lipinski definition) is 0. The van der Waals surface area contributed by atoms with Crippen molar-refractivity contribution in [2.24, 2.45) is 4.99 Å². The van der Waals surface area contributed by atoms with Crippen LogP contribution in [-0.4, -0.2) is 11.2 Å². The van der Waals surface area contributed by atoms with Crippen LogP contribution >= 0.6 is 0 Å². The lowest BCUT2D eigenvalue weighted by Gasteiger charge is -2.04. The SMILES string of the molecule is Cc1ccnc2c1C(C)C=N2. The third kappa shape index (κ3) is 0.862. The molecule has 0 amide bonds. The first-order valence-electron chi connectivity index (χ1n) is 3.78. The molecule has 1 atom stereocenters. The van der Waals surface area contributed by atoms with E-state index in [9.17, 15) is 0 Å². The summed E-state index contributed by atoms with van der Waals surface area (Å²) < 4.78 is 0. The van der Waals surface area contributed by atoms with Gasteiger partial charge in [0.05, 0.1) is 0 Å². The van der Waals surface area contributed by atoms with Gasteiger partial charge in [0.25, 0.3) is 0 Å². The number of hydrogen-bond acceptors (Lipinski definition) is 2. The number of aliphatic imine (C=N–C) groups is 1. The average Bonchev–Trinajstić information content (AvgIpc) is 2.34. The Morgan fingerprint density at radius 2 is 2.27 bits per heavy atom. The van der Waals surface area contributed by atoms with Gasteiger partial charge in [-0.2, -0.15) is 0 Å². The van der Waals surface area contributed by atoms with Crippen molar-refractivity contribution in [2.75, 3.05) is 0 Å². The molecule has 1 aliphatic heterocycles. The van der Waals surface area contributed by atoms with Gasteiger partial charge in [-0.25, -0.2) is 9.98 Å². The molecular weight excluding hydrogens is 136 g/mol. The largest absolute Gasteiger partial charge is 0.241 e. The van der Waals surface area contributed by atoms with Crippen molar-refractivity contribution in [1.82, 2.24) is 4.98 Å². The van der Waals surface area contributed by atoms with Crippen LogP contribution < -0.4 is 0 Å². The summed E-state index contributed by atoms with van der Waals surface area (Å²) in [6.07, 6.45) is 3.76. The van der Waals surface area contributed by atoms with Crippen molar-refractivity contribution in [3.8, 4) is 0 Å². The Morgan fingerprint density at radius 3 is 3.00 bits per heavy atom. The van der Waals surface area contributed by atoms with Crippen LogP contribution in [0, 0.1) is 6.92 Å². The van der Waals surface area contributed by atoms with Crippen LogP contribution in [0.15, 0.2) is 17.3 Å². The molecule has 2 heterocycles. The summed E-state index contributed by atoms with van der Waals surface area (Å²) in [5.74, 6) is 1.34. The monoisotopic (exact) mass is 146 g/mol. The van der Waals surface area contributed by atoms with Gasteiger partial charge >= 0.3 is 0 Å². The summed E-state index contributed by atoms with van der Waals surface area (Å²) in [5.41, 5.74) is 2.58. The number of fused-ring (bicyclic) bond motifs is 1. The summed E-state index contributed by atoms with van der Waals surface area (Å²) in [6, 6.07) is 2.03. The second-order valence-corrected chi connectivity index (χ2v) is 2.93. The molecule has 1 unspecified atom stereocenters. The molecule has 0 radical (unpaired) electrons. The smallest absolute Gasteiger partial charge is 0.155 e. The zero-order chi connectivity index (χ0) is 7.84. The van der Waals surface area contributed by atoms with Gasteiger partial charge < -0.3 is 0 Å². The van der Waals surface area contributed by atoms with Crippen molar-refractivity contribution in [1.29, 1.82) is 0 Å². The van der Waals surface area contributed by atoms with Gasteiger partial charge in [0.2, 0.25) is 0 Å². The fourth-order valence-corrected chi connectivity index (χ4v) is 1.48. The summed E-state index contributed by atoms with van der Waals surface area (Å²) in [4.78, 5) is 8.38. The summed E-state index contributed by atoms with van der Waals surface area (Å²) in [7, 11) is 0. The predicted molar refractivity (Wildman–Crippen MR) is 45.5 cm³/mol.